The molecule has 0 bridgehead atoms. The first-order chi connectivity index (χ1) is 18.3. The highest BCUT2D eigenvalue weighted by Gasteiger charge is 2.54. The maximum atomic E-state index is 13.2. The molecule has 5 N–H and O–H groups in total. The number of carboxylic acid groups (broad SMARTS) is 1. The number of nitrogens with zero attached hydrogens (tertiary/aromatic N) is 8. The first-order valence-electron chi connectivity index (χ1n) is 10.8. The number of nitrogens with one attached hydrogen (secondary N) is 2. The van der Waals surface area contributed by atoms with E-state index in [9.17, 15) is 19.5 Å². The third-order valence-corrected chi connectivity index (χ3v) is 8.51. The van der Waals surface area contributed by atoms with Crippen LogP contribution in [0.5, 0.6) is 0 Å². The first kappa shape index (κ1) is 31.1. The number of β-lactam (4-membered cyclic amide) rings is 1. The highest BCUT2D eigenvalue weighted by molar-refractivity contribution is 8.01. The average Bonchev–Trinajstić information content (AvgIpc) is 3.66. The number of imidazole rings is 1. The zero-order valence-electron chi connectivity index (χ0n) is 20.3. The number of tetrazole rings is 1. The van der Waals surface area contributed by atoms with Crippen molar-refractivity contribution in [1.82, 2.24) is 45.4 Å². The number of aliphatic carboxylic acids is 1. The van der Waals surface area contributed by atoms with Crippen molar-refractivity contribution in [2.24, 2.45) is 12.2 Å². The number of aromatic nitrogens is 7. The summed E-state index contributed by atoms with van der Waals surface area (Å²) in [6, 6.07) is -0.966. The largest absolute Gasteiger partial charge is 0.477 e. The van der Waals surface area contributed by atoms with Gasteiger partial charge in [-0.15, -0.1) is 53.0 Å². The van der Waals surface area contributed by atoms with Gasteiger partial charge in [0, 0.05) is 30.1 Å². The summed E-state index contributed by atoms with van der Waals surface area (Å²) in [5.41, 5.74) is 6.73. The fourth-order valence-electron chi connectivity index (χ4n) is 3.63. The number of rotatable bonds is 10. The molecule has 1 saturated heterocycles. The van der Waals surface area contributed by atoms with E-state index in [0.717, 1.165) is 11.3 Å². The summed E-state index contributed by atoms with van der Waals surface area (Å²) in [6.07, 6.45) is 3.09. The maximum Gasteiger partial charge on any atom is 0.352 e. The number of hydrogen-bond acceptors (Lipinski definition) is 14. The lowest BCUT2D eigenvalue weighted by molar-refractivity contribution is -0.150. The number of oxime groups is 1. The predicted molar refractivity (Wildman–Crippen MR) is 150 cm³/mol. The first-order valence-corrected chi connectivity index (χ1v) is 13.7. The summed E-state index contributed by atoms with van der Waals surface area (Å²) in [4.78, 5) is 55.7. The summed E-state index contributed by atoms with van der Waals surface area (Å²) in [5, 5.41) is 29.3. The Kier molecular flexibility index (Phi) is 10.4. The summed E-state index contributed by atoms with van der Waals surface area (Å²) >= 11 is 3.72. The molecule has 16 nitrogen and oxygen atoms in total. The van der Waals surface area contributed by atoms with Gasteiger partial charge in [-0.1, -0.05) is 16.9 Å². The van der Waals surface area contributed by atoms with Crippen molar-refractivity contribution in [2.75, 3.05) is 17.2 Å². The normalized spacial score (nSPS) is 18.3. The number of nitrogen functional groups attached to an aromatic ring is 1. The van der Waals surface area contributed by atoms with Crippen LogP contribution in [0, 0.1) is 0 Å². The summed E-state index contributed by atoms with van der Waals surface area (Å²) in [7, 11) is 1.67. The number of H-pyrrole nitrogens is 1. The van der Waals surface area contributed by atoms with Crippen LogP contribution in [0.15, 0.2) is 39.5 Å². The van der Waals surface area contributed by atoms with Crippen molar-refractivity contribution in [3.8, 4) is 0 Å². The minimum Gasteiger partial charge on any atom is -0.477 e. The number of thiazole rings is 1. The second kappa shape index (κ2) is 13.3. The number of carboxylic acids is 1. The fourth-order valence-corrected chi connectivity index (χ4v) is 6.52. The van der Waals surface area contributed by atoms with Gasteiger partial charge in [-0.2, -0.15) is 0 Å². The van der Waals surface area contributed by atoms with E-state index in [1.165, 1.54) is 44.8 Å². The number of halogens is 2. The Balaban J connectivity index is 0.00000220. The lowest BCUT2D eigenvalue weighted by atomic mass is 10.0. The van der Waals surface area contributed by atoms with E-state index in [1.54, 1.807) is 13.2 Å². The Morgan fingerprint density at radius 1 is 1.40 bits per heavy atom. The molecule has 40 heavy (non-hydrogen) atoms. The average molecular weight is 651 g/mol. The number of amides is 2. The molecule has 0 aliphatic carbocycles. The van der Waals surface area contributed by atoms with Gasteiger partial charge in [0.2, 0.25) is 5.16 Å². The Morgan fingerprint density at radius 3 is 2.83 bits per heavy atom. The Hall–Kier alpha value is -3.39. The lowest BCUT2D eigenvalue weighted by Gasteiger charge is -2.49. The van der Waals surface area contributed by atoms with E-state index in [-0.39, 0.29) is 59.4 Å². The molecule has 0 radical (unpaired) electrons. The van der Waals surface area contributed by atoms with E-state index in [0.29, 0.717) is 22.2 Å². The molecule has 2 amide bonds. The monoisotopic (exact) mass is 649 g/mol. The molecule has 0 unspecified atom stereocenters. The summed E-state index contributed by atoms with van der Waals surface area (Å²) in [5.74, 6) is -1.87. The molecule has 1 fully saturated rings. The molecular weight excluding hydrogens is 629 g/mol. The molecule has 3 aromatic rings. The van der Waals surface area contributed by atoms with E-state index in [2.05, 4.69) is 40.9 Å². The highest BCUT2D eigenvalue weighted by atomic mass is 35.5. The van der Waals surface area contributed by atoms with Crippen molar-refractivity contribution in [2.45, 2.75) is 23.2 Å². The summed E-state index contributed by atoms with van der Waals surface area (Å²) < 4.78 is 1.47. The zero-order chi connectivity index (χ0) is 26.8. The number of aromatic amines is 1. The van der Waals surface area contributed by atoms with E-state index >= 15 is 0 Å². The van der Waals surface area contributed by atoms with Gasteiger partial charge in [-0.3, -0.25) is 14.5 Å². The van der Waals surface area contributed by atoms with Crippen LogP contribution >= 0.6 is 59.7 Å². The van der Waals surface area contributed by atoms with Crippen LogP contribution in [-0.2, 0) is 32.9 Å². The number of carbonyl (C=O) groups is 3. The minimum absolute atomic E-state index is 0. The molecule has 5 heterocycles. The third-order valence-electron chi connectivity index (χ3n) is 5.40. The number of fused-ring (bicyclic) bond motifs is 1. The minimum atomic E-state index is -1.23. The highest BCUT2D eigenvalue weighted by Crippen LogP contribution is 2.41. The van der Waals surface area contributed by atoms with E-state index in [1.807, 2.05) is 0 Å². The number of nitrogens with two attached hydrogens (primary N) is 1. The van der Waals surface area contributed by atoms with Crippen LogP contribution in [0.1, 0.15) is 11.4 Å². The number of thioether (sulfide) groups is 2. The zero-order valence-corrected chi connectivity index (χ0v) is 24.4. The second-order valence-electron chi connectivity index (χ2n) is 7.84. The quantitative estimate of drug-likeness (QED) is 0.100. The van der Waals surface area contributed by atoms with Gasteiger partial charge < -0.3 is 26.0 Å². The lowest BCUT2D eigenvalue weighted by Crippen LogP contribution is -2.71. The van der Waals surface area contributed by atoms with E-state index < -0.39 is 29.2 Å². The van der Waals surface area contributed by atoms with Gasteiger partial charge in [0.15, 0.2) is 17.5 Å². The second-order valence-corrected chi connectivity index (χ2v) is 10.8. The van der Waals surface area contributed by atoms with Gasteiger partial charge in [-0.25, -0.2) is 19.4 Å². The maximum absolute atomic E-state index is 13.2. The van der Waals surface area contributed by atoms with Gasteiger partial charge in [0.05, 0.1) is 12.0 Å². The number of anilines is 1. The van der Waals surface area contributed by atoms with Crippen molar-refractivity contribution in [3.05, 3.63) is 40.6 Å². The number of hydrogen-bond donors (Lipinski definition) is 4. The molecule has 0 saturated carbocycles. The van der Waals surface area contributed by atoms with Gasteiger partial charge in [0.25, 0.3) is 11.8 Å². The standard InChI is InChI=1S/C19H19N11O5S3.2ClH/c1-29-19(25-27-28-29)38-5-8-4-36-16-12(15(32)30(16)13(8)17(33)34)24-14(31)11(10-6-37-18(20)23-10)26-35-3-9-2-21-7-22-9;;/h2,6-7,12,16H,3-5H2,1H3,(H2,20,23)(H,21,22)(H,24,31)(H,33,34);2*1H/b26-11+;;/t12-,16-;;/m1../s1. The molecular formula is C19H21Cl2N11O5S3. The van der Waals surface area contributed by atoms with Crippen LogP contribution in [0.2, 0.25) is 0 Å². The molecule has 0 aromatic carbocycles. The van der Waals surface area contributed by atoms with Crippen LogP contribution < -0.4 is 11.1 Å². The molecule has 0 spiro atoms. The van der Waals surface area contributed by atoms with Crippen LogP contribution in [0.3, 0.4) is 0 Å². The molecule has 2 aliphatic heterocycles. The van der Waals surface area contributed by atoms with Crippen molar-refractivity contribution in [3.63, 3.8) is 0 Å². The van der Waals surface area contributed by atoms with Crippen LogP contribution in [0.25, 0.3) is 0 Å². The molecule has 21 heteroatoms. The van der Waals surface area contributed by atoms with Crippen molar-refractivity contribution >= 4 is 88.3 Å². The fraction of sp³-hybridized carbons (Fsp3) is 0.316. The third kappa shape index (κ3) is 6.33. The van der Waals surface area contributed by atoms with Gasteiger partial charge >= 0.3 is 5.97 Å². The Bertz CT molecular complexity index is 1440. The van der Waals surface area contributed by atoms with E-state index in [4.69, 9.17) is 10.6 Å². The number of aryl methyl sites for hydroxylation is 1. The topological polar surface area (TPSA) is 219 Å². The van der Waals surface area contributed by atoms with Crippen LogP contribution in [-0.4, -0.2) is 91.6 Å². The Labute approximate surface area is 250 Å². The molecule has 3 aromatic heterocycles. The van der Waals surface area contributed by atoms with Crippen molar-refractivity contribution < 1.29 is 24.3 Å². The van der Waals surface area contributed by atoms with Crippen molar-refractivity contribution in [1.29, 1.82) is 0 Å². The SMILES string of the molecule is Cl.Cl.Cn1nnnc1SCC1=C(C(=O)O)N2C(=O)[C@@H](NC(=O)/C(=N/OCc3c[nH]cn3)c3csc(N)n3)[C@H]2SC1. The van der Waals surface area contributed by atoms with Gasteiger partial charge in [-0.05, 0) is 16.0 Å². The van der Waals surface area contributed by atoms with Gasteiger partial charge in [0.1, 0.15) is 22.8 Å². The molecule has 214 valence electrons. The predicted octanol–water partition coefficient (Wildman–Crippen LogP) is 0.267. The molecule has 2 atom stereocenters. The number of carbonyl (C=O) groups excluding carboxylic acids is 2. The Morgan fingerprint density at radius 2 is 2.20 bits per heavy atom. The smallest absolute Gasteiger partial charge is 0.352 e. The molecule has 5 rings (SSSR count). The molecule has 2 aliphatic rings. The van der Waals surface area contributed by atoms with Crippen LogP contribution in [0.4, 0.5) is 5.13 Å². The summed E-state index contributed by atoms with van der Waals surface area (Å²) in [6.45, 7) is -0.00747.